The van der Waals surface area contributed by atoms with Crippen LogP contribution in [0.25, 0.3) is 10.8 Å². The van der Waals surface area contributed by atoms with Gasteiger partial charge in [0.15, 0.2) is 0 Å². The van der Waals surface area contributed by atoms with Crippen molar-refractivity contribution in [3.05, 3.63) is 73.5 Å². The highest BCUT2D eigenvalue weighted by molar-refractivity contribution is 9.10. The van der Waals surface area contributed by atoms with Crippen LogP contribution in [0, 0.1) is 5.82 Å². The summed E-state index contributed by atoms with van der Waals surface area (Å²) in [7, 11) is 0. The van der Waals surface area contributed by atoms with Crippen molar-refractivity contribution in [1.29, 1.82) is 0 Å². The lowest BCUT2D eigenvalue weighted by Gasteiger charge is -2.09. The average Bonchev–Trinajstić information content (AvgIpc) is 2.59. The minimum atomic E-state index is -0.570. The molecule has 1 aromatic heterocycles. The Balaban J connectivity index is 1.76. The number of carbonyl (C=O) groups excluding carboxylic acids is 1. The number of hydrogen-bond acceptors (Lipinski definition) is 3. The van der Waals surface area contributed by atoms with Crippen LogP contribution in [0.3, 0.4) is 0 Å². The second kappa shape index (κ2) is 7.02. The van der Waals surface area contributed by atoms with E-state index in [1.165, 1.54) is 12.1 Å². The SMILES string of the molecule is O=C(CCn1[nH]c(=O)c2ccccc2c1=O)Nc1ccc(Br)cc1F. The average molecular weight is 406 g/mol. The van der Waals surface area contributed by atoms with Gasteiger partial charge >= 0.3 is 0 Å². The number of benzene rings is 2. The van der Waals surface area contributed by atoms with Gasteiger partial charge in [-0.15, -0.1) is 0 Å². The molecule has 0 bridgehead atoms. The summed E-state index contributed by atoms with van der Waals surface area (Å²) in [4.78, 5) is 36.3. The van der Waals surface area contributed by atoms with E-state index >= 15 is 0 Å². The molecule has 0 aliphatic heterocycles. The second-order valence-electron chi connectivity index (χ2n) is 5.37. The number of amides is 1. The number of nitrogens with zero attached hydrogens (tertiary/aromatic N) is 1. The van der Waals surface area contributed by atoms with Gasteiger partial charge in [-0.25, -0.2) is 9.07 Å². The van der Waals surface area contributed by atoms with Crippen molar-refractivity contribution in [1.82, 2.24) is 9.78 Å². The van der Waals surface area contributed by atoms with Gasteiger partial charge in [0.25, 0.3) is 11.1 Å². The smallest absolute Gasteiger partial charge is 0.273 e. The van der Waals surface area contributed by atoms with Gasteiger partial charge in [-0.3, -0.25) is 19.5 Å². The Hall–Kier alpha value is -2.74. The maximum Gasteiger partial charge on any atom is 0.273 e. The standard InChI is InChI=1S/C17H13BrFN3O3/c18-10-5-6-14(13(19)9-10)20-15(23)7-8-22-17(25)12-4-2-1-3-11(12)16(24)21-22/h1-6,9H,7-8H2,(H,20,23)(H,21,24). The molecule has 25 heavy (non-hydrogen) atoms. The molecular formula is C17H13BrFN3O3. The van der Waals surface area contributed by atoms with Crippen molar-refractivity contribution >= 4 is 38.3 Å². The molecule has 2 N–H and O–H groups in total. The summed E-state index contributed by atoms with van der Waals surface area (Å²) >= 11 is 3.13. The zero-order valence-electron chi connectivity index (χ0n) is 12.9. The highest BCUT2D eigenvalue weighted by atomic mass is 79.9. The Morgan fingerprint density at radius 3 is 2.60 bits per heavy atom. The van der Waals surface area contributed by atoms with E-state index in [1.807, 2.05) is 0 Å². The molecule has 6 nitrogen and oxygen atoms in total. The fraction of sp³-hybridized carbons (Fsp3) is 0.118. The van der Waals surface area contributed by atoms with Crippen LogP contribution in [0.1, 0.15) is 6.42 Å². The number of aryl methyl sites for hydroxylation is 1. The van der Waals surface area contributed by atoms with Crippen LogP contribution in [-0.4, -0.2) is 15.7 Å². The van der Waals surface area contributed by atoms with Gasteiger partial charge in [0, 0.05) is 10.9 Å². The highest BCUT2D eigenvalue weighted by Gasteiger charge is 2.10. The Bertz CT molecular complexity index is 1070. The summed E-state index contributed by atoms with van der Waals surface area (Å²) in [6.07, 6.45) is -0.0936. The van der Waals surface area contributed by atoms with Gasteiger partial charge in [-0.2, -0.15) is 0 Å². The zero-order chi connectivity index (χ0) is 18.0. The molecule has 0 unspecified atom stereocenters. The molecule has 2 aromatic carbocycles. The number of anilines is 1. The minimum absolute atomic E-state index is 0.0249. The van der Waals surface area contributed by atoms with Crippen molar-refractivity contribution in [3.8, 4) is 0 Å². The Labute approximate surface area is 149 Å². The Morgan fingerprint density at radius 1 is 1.16 bits per heavy atom. The molecule has 0 aliphatic rings. The van der Waals surface area contributed by atoms with E-state index in [0.29, 0.717) is 9.86 Å². The maximum atomic E-state index is 13.7. The van der Waals surface area contributed by atoms with E-state index in [4.69, 9.17) is 0 Å². The number of hydrogen-bond donors (Lipinski definition) is 2. The lowest BCUT2D eigenvalue weighted by atomic mass is 10.2. The number of aromatic amines is 1. The summed E-state index contributed by atoms with van der Waals surface area (Å²) < 4.78 is 15.4. The summed E-state index contributed by atoms with van der Waals surface area (Å²) in [6.45, 7) is -0.0249. The third kappa shape index (κ3) is 3.69. The lowest BCUT2D eigenvalue weighted by molar-refractivity contribution is -0.116. The van der Waals surface area contributed by atoms with Crippen molar-refractivity contribution in [2.75, 3.05) is 5.32 Å². The van der Waals surface area contributed by atoms with Gasteiger partial charge in [0.2, 0.25) is 5.91 Å². The van der Waals surface area contributed by atoms with Gasteiger partial charge in [-0.1, -0.05) is 28.1 Å². The monoisotopic (exact) mass is 405 g/mol. The molecule has 128 valence electrons. The first-order valence-corrected chi connectivity index (χ1v) is 8.22. The molecule has 0 saturated carbocycles. The first-order valence-electron chi connectivity index (χ1n) is 7.42. The fourth-order valence-corrected chi connectivity index (χ4v) is 2.75. The fourth-order valence-electron chi connectivity index (χ4n) is 2.42. The van der Waals surface area contributed by atoms with E-state index in [-0.39, 0.29) is 24.0 Å². The second-order valence-corrected chi connectivity index (χ2v) is 6.28. The van der Waals surface area contributed by atoms with Gasteiger partial charge in [-0.05, 0) is 30.3 Å². The number of carbonyl (C=O) groups is 1. The van der Waals surface area contributed by atoms with Crippen molar-refractivity contribution in [2.45, 2.75) is 13.0 Å². The summed E-state index contributed by atoms with van der Waals surface area (Å²) in [5.41, 5.74) is -0.750. The Morgan fingerprint density at radius 2 is 1.88 bits per heavy atom. The number of rotatable bonds is 4. The molecular weight excluding hydrogens is 393 g/mol. The molecule has 1 amide bonds. The molecule has 0 aliphatic carbocycles. The van der Waals surface area contributed by atoms with Crippen LogP contribution in [0.2, 0.25) is 0 Å². The first-order chi connectivity index (χ1) is 12.0. The Kier molecular flexibility index (Phi) is 4.80. The molecule has 0 radical (unpaired) electrons. The molecule has 1 heterocycles. The van der Waals surface area contributed by atoms with Crippen molar-refractivity contribution in [2.24, 2.45) is 0 Å². The number of nitrogens with one attached hydrogen (secondary N) is 2. The first kappa shape index (κ1) is 17.1. The zero-order valence-corrected chi connectivity index (χ0v) is 14.5. The quantitative estimate of drug-likeness (QED) is 0.699. The largest absolute Gasteiger partial charge is 0.324 e. The highest BCUT2D eigenvalue weighted by Crippen LogP contribution is 2.19. The van der Waals surface area contributed by atoms with Crippen LogP contribution < -0.4 is 16.4 Å². The normalized spacial score (nSPS) is 10.8. The van der Waals surface area contributed by atoms with Crippen LogP contribution >= 0.6 is 15.9 Å². The van der Waals surface area contributed by atoms with Gasteiger partial charge in [0.1, 0.15) is 5.82 Å². The minimum Gasteiger partial charge on any atom is -0.324 e. The molecule has 0 spiro atoms. The number of fused-ring (bicyclic) bond motifs is 1. The summed E-state index contributed by atoms with van der Waals surface area (Å²) in [5, 5.41) is 5.46. The lowest BCUT2D eigenvalue weighted by Crippen LogP contribution is -2.31. The van der Waals surface area contributed by atoms with Crippen LogP contribution in [0.4, 0.5) is 10.1 Å². The number of aromatic nitrogens is 2. The number of H-pyrrole nitrogens is 1. The van der Waals surface area contributed by atoms with E-state index in [1.54, 1.807) is 30.3 Å². The molecule has 8 heteroatoms. The van der Waals surface area contributed by atoms with E-state index in [9.17, 15) is 18.8 Å². The topological polar surface area (TPSA) is 84.0 Å². The predicted octanol–water partition coefficient (Wildman–Crippen LogP) is 2.62. The van der Waals surface area contributed by atoms with Crippen molar-refractivity contribution < 1.29 is 9.18 Å². The molecule has 0 atom stereocenters. The maximum absolute atomic E-state index is 13.7. The number of halogens is 2. The third-order valence-corrected chi connectivity index (χ3v) is 4.14. The van der Waals surface area contributed by atoms with Crippen molar-refractivity contribution in [3.63, 3.8) is 0 Å². The van der Waals surface area contributed by atoms with Crippen LogP contribution in [0.15, 0.2) is 56.5 Å². The van der Waals surface area contributed by atoms with Gasteiger partial charge in [0.05, 0.1) is 23.0 Å². The van der Waals surface area contributed by atoms with E-state index in [0.717, 1.165) is 4.68 Å². The molecule has 0 saturated heterocycles. The molecule has 0 fully saturated rings. The summed E-state index contributed by atoms with van der Waals surface area (Å²) in [6, 6.07) is 10.7. The van der Waals surface area contributed by atoms with Crippen LogP contribution in [0.5, 0.6) is 0 Å². The van der Waals surface area contributed by atoms with Gasteiger partial charge < -0.3 is 5.32 Å². The predicted molar refractivity (Wildman–Crippen MR) is 96.2 cm³/mol. The van der Waals surface area contributed by atoms with E-state index < -0.39 is 22.8 Å². The molecule has 3 rings (SSSR count). The molecule has 3 aromatic rings. The van der Waals surface area contributed by atoms with Crippen LogP contribution in [-0.2, 0) is 11.3 Å². The summed E-state index contributed by atoms with van der Waals surface area (Å²) in [5.74, 6) is -1.04. The van der Waals surface area contributed by atoms with E-state index in [2.05, 4.69) is 26.3 Å². The third-order valence-electron chi connectivity index (χ3n) is 3.65.